The summed E-state index contributed by atoms with van der Waals surface area (Å²) in [5.41, 5.74) is 0. The van der Waals surface area contributed by atoms with Crippen molar-refractivity contribution in [1.29, 1.82) is 5.26 Å². The van der Waals surface area contributed by atoms with Gasteiger partial charge in [0.05, 0.1) is 0 Å². The SMILES string of the molecule is [C-]#N.[Fe].[H-].[H-].[Mg+2]. The minimum absolute atomic E-state index is 0. The van der Waals surface area contributed by atoms with Gasteiger partial charge in [0.15, 0.2) is 0 Å². The number of hydrogen-bond acceptors (Lipinski definition) is 1. The van der Waals surface area contributed by atoms with Crippen LogP contribution >= 0.6 is 0 Å². The smallest absolute Gasteiger partial charge is 1.00 e. The van der Waals surface area contributed by atoms with Crippen molar-refractivity contribution in [3.8, 4) is 0 Å². The minimum atomic E-state index is 0. The number of hydrogen-bond donors (Lipinski definition) is 0. The molecule has 0 atom stereocenters. The molecule has 0 rings (SSSR count). The molecule has 22 valence electrons. The predicted molar refractivity (Wildman–Crippen MR) is 12.9 cm³/mol. The summed E-state index contributed by atoms with van der Waals surface area (Å²) >= 11 is 0. The Kier molecular flexibility index (Phi) is 261. The van der Waals surface area contributed by atoms with E-state index in [9.17, 15) is 0 Å². The first-order valence-electron chi connectivity index (χ1n) is 0.224. The quantitative estimate of drug-likeness (QED) is 0.315. The van der Waals surface area contributed by atoms with Gasteiger partial charge >= 0.3 is 23.1 Å². The molecule has 0 spiro atoms. The van der Waals surface area contributed by atoms with Crippen LogP contribution < -0.4 is 0 Å². The van der Waals surface area contributed by atoms with Crippen molar-refractivity contribution in [2.24, 2.45) is 0 Å². The normalized spacial score (nSPS) is 0.500. The van der Waals surface area contributed by atoms with Crippen molar-refractivity contribution in [2.45, 2.75) is 0 Å². The first-order chi connectivity index (χ1) is 1.00. The van der Waals surface area contributed by atoms with E-state index >= 15 is 0 Å². The molecule has 0 aliphatic heterocycles. The van der Waals surface area contributed by atoms with Gasteiger partial charge in [-0.25, -0.2) is 0 Å². The summed E-state index contributed by atoms with van der Waals surface area (Å²) in [4.78, 5) is 0. The molecule has 0 amide bonds. The van der Waals surface area contributed by atoms with E-state index in [2.05, 4.69) is 0 Å². The van der Waals surface area contributed by atoms with Gasteiger partial charge in [-0.2, -0.15) is 0 Å². The monoisotopic (exact) mass is 108 g/mol. The molecule has 4 heavy (non-hydrogen) atoms. The molecule has 0 aromatic rings. The number of rotatable bonds is 0. The van der Waals surface area contributed by atoms with Crippen LogP contribution in [0.25, 0.3) is 0 Å². The molecule has 0 saturated carbocycles. The zero-order valence-corrected chi connectivity index (χ0v) is 4.53. The van der Waals surface area contributed by atoms with Crippen molar-refractivity contribution >= 4 is 23.1 Å². The second-order valence-corrected chi connectivity index (χ2v) is 0. The van der Waals surface area contributed by atoms with Gasteiger partial charge in [-0.1, -0.05) is 0 Å². The Morgan fingerprint density at radius 2 is 1.50 bits per heavy atom. The molecule has 0 aliphatic rings. The van der Waals surface area contributed by atoms with Crippen LogP contribution in [0.3, 0.4) is 0 Å². The van der Waals surface area contributed by atoms with E-state index in [0.29, 0.717) is 0 Å². The zero-order valence-electron chi connectivity index (χ0n) is 4.01. The van der Waals surface area contributed by atoms with Crippen molar-refractivity contribution in [3.05, 3.63) is 6.57 Å². The molecule has 0 bridgehead atoms. The average molecular weight is 108 g/mol. The fourth-order valence-corrected chi connectivity index (χ4v) is 0. The molecule has 0 saturated heterocycles. The average Bonchev–Trinajstić information content (AvgIpc) is 1.00. The molecule has 0 unspecified atom stereocenters. The third-order valence-electron chi connectivity index (χ3n) is 0. The zero-order chi connectivity index (χ0) is 2.00. The molecule has 0 aromatic heterocycles. The van der Waals surface area contributed by atoms with Crippen molar-refractivity contribution in [2.75, 3.05) is 0 Å². The molecular weight excluding hydrogens is 106 g/mol. The van der Waals surface area contributed by atoms with Gasteiger partial charge in [-0.15, -0.1) is 0 Å². The van der Waals surface area contributed by atoms with Gasteiger partial charge in [0.2, 0.25) is 0 Å². The molecule has 0 N–H and O–H groups in total. The first-order valence-corrected chi connectivity index (χ1v) is 0.224. The predicted octanol–water partition coefficient (Wildman–Crippen LogP) is -0.0619. The van der Waals surface area contributed by atoms with E-state index in [-0.39, 0.29) is 43.0 Å². The van der Waals surface area contributed by atoms with E-state index in [1.807, 2.05) is 0 Å². The maximum atomic E-state index is 6.25. The van der Waals surface area contributed by atoms with E-state index in [0.717, 1.165) is 0 Å². The van der Waals surface area contributed by atoms with Gasteiger partial charge in [0.25, 0.3) is 0 Å². The van der Waals surface area contributed by atoms with Crippen LogP contribution in [0, 0.1) is 11.8 Å². The number of nitrogens with zero attached hydrogens (tertiary/aromatic N) is 1. The van der Waals surface area contributed by atoms with Gasteiger partial charge < -0.3 is 14.7 Å². The summed E-state index contributed by atoms with van der Waals surface area (Å²) < 4.78 is 0. The second-order valence-electron chi connectivity index (χ2n) is 0. The Balaban J connectivity index is -0.000000000833. The summed E-state index contributed by atoms with van der Waals surface area (Å²) in [5.74, 6) is 0. The Labute approximate surface area is 55.0 Å². The Hall–Kier alpha value is 0.776. The van der Waals surface area contributed by atoms with Crippen LogP contribution in [0.2, 0.25) is 0 Å². The van der Waals surface area contributed by atoms with Crippen LogP contribution in [0.1, 0.15) is 2.85 Å². The third-order valence-corrected chi connectivity index (χ3v) is 0. The van der Waals surface area contributed by atoms with Gasteiger partial charge in [0, 0.05) is 17.1 Å². The topological polar surface area (TPSA) is 23.8 Å². The van der Waals surface area contributed by atoms with Gasteiger partial charge in [-0.3, -0.25) is 0 Å². The van der Waals surface area contributed by atoms with Gasteiger partial charge in [-0.05, 0) is 0 Å². The third kappa shape index (κ3) is 14.5. The van der Waals surface area contributed by atoms with E-state index in [4.69, 9.17) is 11.8 Å². The fourth-order valence-electron chi connectivity index (χ4n) is 0. The summed E-state index contributed by atoms with van der Waals surface area (Å²) in [6.07, 6.45) is 0. The molecular formula is CH2FeMgN-. The van der Waals surface area contributed by atoms with Crippen molar-refractivity contribution in [3.63, 3.8) is 0 Å². The molecule has 0 radical (unpaired) electrons. The first kappa shape index (κ1) is 21.6. The fraction of sp³-hybridized carbons (Fsp3) is 0. The second kappa shape index (κ2) is 48.3. The molecule has 0 heterocycles. The Morgan fingerprint density at radius 1 is 1.50 bits per heavy atom. The summed E-state index contributed by atoms with van der Waals surface area (Å²) in [5, 5.41) is 6.25. The van der Waals surface area contributed by atoms with Crippen LogP contribution in [0.15, 0.2) is 0 Å². The maximum absolute atomic E-state index is 6.25. The largest absolute Gasteiger partial charge is 2.00 e. The minimum Gasteiger partial charge on any atom is -1.00 e. The van der Waals surface area contributed by atoms with Crippen LogP contribution in [0.5, 0.6) is 0 Å². The summed E-state index contributed by atoms with van der Waals surface area (Å²) in [6, 6.07) is 0. The van der Waals surface area contributed by atoms with Gasteiger partial charge in [0.1, 0.15) is 0 Å². The molecule has 1 nitrogen and oxygen atoms in total. The van der Waals surface area contributed by atoms with Crippen LogP contribution in [-0.4, -0.2) is 23.1 Å². The van der Waals surface area contributed by atoms with E-state index in [1.54, 1.807) is 0 Å². The maximum Gasteiger partial charge on any atom is 2.00 e. The standard InChI is InChI=1S/CN.Fe.Mg.2H/c1-2;;;;/q-1;;+2;2*-1. The molecule has 3 heteroatoms. The molecule has 0 aliphatic carbocycles. The summed E-state index contributed by atoms with van der Waals surface area (Å²) in [6.45, 7) is 4.75. The van der Waals surface area contributed by atoms with Crippen molar-refractivity contribution < 1.29 is 19.9 Å². The Morgan fingerprint density at radius 3 is 1.50 bits per heavy atom. The summed E-state index contributed by atoms with van der Waals surface area (Å²) in [7, 11) is 0. The molecule has 0 aromatic carbocycles. The van der Waals surface area contributed by atoms with Crippen LogP contribution in [0.4, 0.5) is 0 Å². The van der Waals surface area contributed by atoms with Crippen molar-refractivity contribution in [1.82, 2.24) is 0 Å². The Bertz CT molecular complexity index is 18.3. The van der Waals surface area contributed by atoms with E-state index < -0.39 is 0 Å². The molecule has 0 fully saturated rings. The van der Waals surface area contributed by atoms with E-state index in [1.165, 1.54) is 0 Å². The van der Waals surface area contributed by atoms with Crippen LogP contribution in [-0.2, 0) is 17.1 Å².